The zero-order valence-electron chi connectivity index (χ0n) is 13.8. The molecule has 2 aromatic heterocycles. The molecule has 0 bridgehead atoms. The van der Waals surface area contributed by atoms with E-state index in [0.717, 1.165) is 0 Å². The largest absolute Gasteiger partial charge is 0.321 e. The standard InChI is InChI=1S/C16H16N6O3S/c1-2-22-14(8-11-19-22)15(23)20-12-4-6-13(7-5-12)26(24,25)21-16-17-9-3-10-18-16/h3-11H,2H2,1H3,(H,20,23)(H,17,18,21). The second kappa shape index (κ2) is 7.31. The maximum atomic E-state index is 12.3. The molecule has 0 saturated heterocycles. The summed E-state index contributed by atoms with van der Waals surface area (Å²) in [5, 5.41) is 6.75. The van der Waals surface area contributed by atoms with Crippen molar-refractivity contribution >= 4 is 27.6 Å². The number of carbonyl (C=O) groups is 1. The van der Waals surface area contributed by atoms with Gasteiger partial charge >= 0.3 is 0 Å². The Morgan fingerprint density at radius 1 is 1.08 bits per heavy atom. The van der Waals surface area contributed by atoms with Gasteiger partial charge in [-0.15, -0.1) is 0 Å². The Morgan fingerprint density at radius 3 is 2.42 bits per heavy atom. The number of carbonyl (C=O) groups excluding carboxylic acids is 1. The van der Waals surface area contributed by atoms with E-state index in [9.17, 15) is 13.2 Å². The van der Waals surface area contributed by atoms with E-state index in [1.54, 1.807) is 23.0 Å². The second-order valence-corrected chi connectivity index (χ2v) is 6.87. The van der Waals surface area contributed by atoms with Gasteiger partial charge in [0.15, 0.2) is 0 Å². The summed E-state index contributed by atoms with van der Waals surface area (Å²) in [7, 11) is -3.81. The molecule has 3 rings (SSSR count). The van der Waals surface area contributed by atoms with Crippen LogP contribution >= 0.6 is 0 Å². The first-order valence-corrected chi connectivity index (χ1v) is 9.21. The maximum absolute atomic E-state index is 12.3. The molecule has 10 heteroatoms. The minimum absolute atomic E-state index is 0.0160. The molecule has 0 aliphatic carbocycles. The van der Waals surface area contributed by atoms with Crippen LogP contribution in [0.25, 0.3) is 0 Å². The van der Waals surface area contributed by atoms with Gasteiger partial charge in [0.05, 0.1) is 4.90 Å². The molecule has 26 heavy (non-hydrogen) atoms. The predicted molar refractivity (Wildman–Crippen MR) is 95.1 cm³/mol. The fourth-order valence-electron chi connectivity index (χ4n) is 2.22. The summed E-state index contributed by atoms with van der Waals surface area (Å²) in [5.74, 6) is -0.339. The van der Waals surface area contributed by atoms with Crippen molar-refractivity contribution in [3.8, 4) is 0 Å². The molecule has 0 fully saturated rings. The molecular formula is C16H16N6O3S. The highest BCUT2D eigenvalue weighted by Crippen LogP contribution is 2.17. The number of aromatic nitrogens is 4. The average molecular weight is 372 g/mol. The Balaban J connectivity index is 1.73. The zero-order chi connectivity index (χ0) is 18.6. The Kier molecular flexibility index (Phi) is 4.94. The first-order chi connectivity index (χ1) is 12.5. The van der Waals surface area contributed by atoms with Crippen molar-refractivity contribution in [1.82, 2.24) is 19.7 Å². The molecular weight excluding hydrogens is 356 g/mol. The molecule has 2 heterocycles. The van der Waals surface area contributed by atoms with Gasteiger partial charge in [-0.05, 0) is 43.3 Å². The normalized spacial score (nSPS) is 11.1. The molecule has 0 aliphatic heterocycles. The Bertz CT molecular complexity index is 1000. The van der Waals surface area contributed by atoms with E-state index < -0.39 is 10.0 Å². The van der Waals surface area contributed by atoms with E-state index in [2.05, 4.69) is 25.1 Å². The molecule has 0 spiro atoms. The third-order valence-corrected chi connectivity index (χ3v) is 4.81. The Hall–Kier alpha value is -3.27. The fourth-order valence-corrected chi connectivity index (χ4v) is 3.18. The van der Waals surface area contributed by atoms with Crippen LogP contribution in [0.4, 0.5) is 11.6 Å². The van der Waals surface area contributed by atoms with Crippen LogP contribution < -0.4 is 10.0 Å². The lowest BCUT2D eigenvalue weighted by molar-refractivity contribution is 0.101. The summed E-state index contributed by atoms with van der Waals surface area (Å²) in [6.07, 6.45) is 4.42. The first kappa shape index (κ1) is 17.5. The van der Waals surface area contributed by atoms with Gasteiger partial charge in [0.25, 0.3) is 15.9 Å². The van der Waals surface area contributed by atoms with Gasteiger partial charge < -0.3 is 5.32 Å². The minimum atomic E-state index is -3.81. The number of sulfonamides is 1. The lowest BCUT2D eigenvalue weighted by atomic mass is 10.3. The average Bonchev–Trinajstić information content (AvgIpc) is 3.11. The van der Waals surface area contributed by atoms with Crippen molar-refractivity contribution < 1.29 is 13.2 Å². The number of aryl methyl sites for hydroxylation is 1. The van der Waals surface area contributed by atoms with Crippen molar-refractivity contribution in [3.05, 3.63) is 60.7 Å². The van der Waals surface area contributed by atoms with E-state index in [1.807, 2.05) is 6.92 Å². The monoisotopic (exact) mass is 372 g/mol. The van der Waals surface area contributed by atoms with Crippen LogP contribution in [0.1, 0.15) is 17.4 Å². The maximum Gasteiger partial charge on any atom is 0.273 e. The quantitative estimate of drug-likeness (QED) is 0.680. The molecule has 0 radical (unpaired) electrons. The minimum Gasteiger partial charge on any atom is -0.321 e. The summed E-state index contributed by atoms with van der Waals surface area (Å²) in [6, 6.07) is 8.98. The number of amides is 1. The highest BCUT2D eigenvalue weighted by atomic mass is 32.2. The zero-order valence-corrected chi connectivity index (χ0v) is 14.6. The smallest absolute Gasteiger partial charge is 0.273 e. The molecule has 3 aromatic rings. The van der Waals surface area contributed by atoms with Crippen molar-refractivity contribution in [3.63, 3.8) is 0 Å². The molecule has 1 aromatic carbocycles. The Morgan fingerprint density at radius 2 is 1.77 bits per heavy atom. The lowest BCUT2D eigenvalue weighted by Gasteiger charge is -2.09. The van der Waals surface area contributed by atoms with Crippen LogP contribution in [0, 0.1) is 0 Å². The van der Waals surface area contributed by atoms with E-state index in [1.165, 1.54) is 36.7 Å². The molecule has 0 aliphatic rings. The summed E-state index contributed by atoms with van der Waals surface area (Å²) in [4.78, 5) is 19.9. The lowest BCUT2D eigenvalue weighted by Crippen LogP contribution is -2.18. The fraction of sp³-hybridized carbons (Fsp3) is 0.125. The van der Waals surface area contributed by atoms with E-state index >= 15 is 0 Å². The Labute approximate surface area is 150 Å². The molecule has 1 amide bonds. The molecule has 0 atom stereocenters. The van der Waals surface area contributed by atoms with E-state index in [4.69, 9.17) is 0 Å². The highest BCUT2D eigenvalue weighted by Gasteiger charge is 2.16. The van der Waals surface area contributed by atoms with Gasteiger partial charge in [0, 0.05) is 30.8 Å². The number of hydrogen-bond acceptors (Lipinski definition) is 6. The van der Waals surface area contributed by atoms with Crippen molar-refractivity contribution in [2.75, 3.05) is 10.0 Å². The third kappa shape index (κ3) is 3.86. The molecule has 2 N–H and O–H groups in total. The predicted octanol–water partition coefficient (Wildman–Crippen LogP) is 1.75. The van der Waals surface area contributed by atoms with Crippen molar-refractivity contribution in [2.45, 2.75) is 18.4 Å². The summed E-state index contributed by atoms with van der Waals surface area (Å²) in [5.41, 5.74) is 0.890. The van der Waals surface area contributed by atoms with Crippen LogP contribution in [-0.2, 0) is 16.6 Å². The molecule has 0 unspecified atom stereocenters. The van der Waals surface area contributed by atoms with Gasteiger partial charge in [-0.25, -0.2) is 23.1 Å². The third-order valence-electron chi connectivity index (χ3n) is 3.46. The van der Waals surface area contributed by atoms with Gasteiger partial charge in [-0.1, -0.05) is 0 Å². The number of hydrogen-bond donors (Lipinski definition) is 2. The second-order valence-electron chi connectivity index (χ2n) is 5.19. The molecule has 9 nitrogen and oxygen atoms in total. The van der Waals surface area contributed by atoms with Crippen LogP contribution in [0.15, 0.2) is 59.9 Å². The molecule has 134 valence electrons. The number of anilines is 2. The topological polar surface area (TPSA) is 119 Å². The number of nitrogens with zero attached hydrogens (tertiary/aromatic N) is 4. The summed E-state index contributed by atoms with van der Waals surface area (Å²) in [6.45, 7) is 2.45. The highest BCUT2D eigenvalue weighted by molar-refractivity contribution is 7.92. The number of benzene rings is 1. The van der Waals surface area contributed by atoms with E-state index in [-0.39, 0.29) is 16.8 Å². The van der Waals surface area contributed by atoms with Crippen LogP contribution in [0.5, 0.6) is 0 Å². The van der Waals surface area contributed by atoms with Crippen LogP contribution in [0.2, 0.25) is 0 Å². The van der Waals surface area contributed by atoms with E-state index in [0.29, 0.717) is 17.9 Å². The summed E-state index contributed by atoms with van der Waals surface area (Å²) < 4.78 is 28.5. The van der Waals surface area contributed by atoms with Gasteiger partial charge in [-0.3, -0.25) is 9.48 Å². The van der Waals surface area contributed by atoms with Gasteiger partial charge in [0.2, 0.25) is 5.95 Å². The molecule has 0 saturated carbocycles. The van der Waals surface area contributed by atoms with Crippen molar-refractivity contribution in [2.24, 2.45) is 0 Å². The SMILES string of the molecule is CCn1nccc1C(=O)Nc1ccc(S(=O)(=O)Nc2ncccn2)cc1. The van der Waals surface area contributed by atoms with Crippen molar-refractivity contribution in [1.29, 1.82) is 0 Å². The number of nitrogens with one attached hydrogen (secondary N) is 2. The first-order valence-electron chi connectivity index (χ1n) is 7.72. The van der Waals surface area contributed by atoms with Gasteiger partial charge in [-0.2, -0.15) is 5.10 Å². The van der Waals surface area contributed by atoms with Gasteiger partial charge in [0.1, 0.15) is 5.69 Å². The van der Waals surface area contributed by atoms with Crippen LogP contribution in [0.3, 0.4) is 0 Å². The number of rotatable bonds is 6. The summed E-state index contributed by atoms with van der Waals surface area (Å²) >= 11 is 0. The van der Waals surface area contributed by atoms with Crippen LogP contribution in [-0.4, -0.2) is 34.1 Å².